The molecule has 3 amide bonds. The lowest BCUT2D eigenvalue weighted by atomic mass is 10.0. The lowest BCUT2D eigenvalue weighted by molar-refractivity contribution is -0.117. The van der Waals surface area contributed by atoms with E-state index < -0.39 is 0 Å². The Hall–Kier alpha value is -2.81. The summed E-state index contributed by atoms with van der Waals surface area (Å²) in [5, 5.41) is 10.9. The molecule has 0 fully saturated rings. The lowest BCUT2D eigenvalue weighted by Crippen LogP contribution is -2.50. The number of aromatic nitrogens is 3. The van der Waals surface area contributed by atoms with Crippen molar-refractivity contribution >= 4 is 23.3 Å². The number of hydrogen-bond acceptors (Lipinski definition) is 6. The van der Waals surface area contributed by atoms with E-state index in [4.69, 9.17) is 0 Å². The van der Waals surface area contributed by atoms with Crippen molar-refractivity contribution < 1.29 is 9.59 Å². The monoisotopic (exact) mass is 358 g/mol. The van der Waals surface area contributed by atoms with Gasteiger partial charge in [0, 0.05) is 36.4 Å². The molecule has 0 aliphatic carbocycles. The Balaban J connectivity index is 1.57. The zero-order valence-electron chi connectivity index (χ0n) is 13.9. The van der Waals surface area contributed by atoms with Gasteiger partial charge in [0.05, 0.1) is 17.3 Å². The molecule has 0 saturated carbocycles. The number of allylic oxidation sites excluding steroid dienone is 1. The average Bonchev–Trinajstić information content (AvgIpc) is 3.03. The highest BCUT2D eigenvalue weighted by Gasteiger charge is 2.26. The van der Waals surface area contributed by atoms with Crippen LogP contribution >= 0.6 is 11.3 Å². The molecular weight excluding hydrogens is 340 g/mol. The molecule has 130 valence electrons. The van der Waals surface area contributed by atoms with Crippen molar-refractivity contribution in [3.63, 3.8) is 0 Å². The predicted molar refractivity (Wildman–Crippen MR) is 93.7 cm³/mol. The quantitative estimate of drug-likeness (QED) is 0.745. The van der Waals surface area contributed by atoms with E-state index >= 15 is 0 Å². The first-order valence-electron chi connectivity index (χ1n) is 7.83. The first-order chi connectivity index (χ1) is 12.0. The molecule has 2 aromatic rings. The van der Waals surface area contributed by atoms with Crippen LogP contribution < -0.4 is 16.0 Å². The van der Waals surface area contributed by atoms with Gasteiger partial charge in [-0.05, 0) is 19.9 Å². The molecule has 25 heavy (non-hydrogen) atoms. The van der Waals surface area contributed by atoms with Crippen molar-refractivity contribution in [1.29, 1.82) is 0 Å². The highest BCUT2D eigenvalue weighted by Crippen LogP contribution is 2.19. The Kier molecular flexibility index (Phi) is 5.03. The summed E-state index contributed by atoms with van der Waals surface area (Å²) in [6.07, 6.45) is 3.96. The number of thiazole rings is 1. The van der Waals surface area contributed by atoms with Crippen LogP contribution in [0.4, 0.5) is 4.79 Å². The van der Waals surface area contributed by atoms with Gasteiger partial charge in [0.25, 0.3) is 5.91 Å². The minimum absolute atomic E-state index is 0.195. The zero-order chi connectivity index (χ0) is 17.8. The minimum Gasteiger partial charge on any atom is -0.352 e. The molecule has 0 spiro atoms. The molecule has 2 aromatic heterocycles. The van der Waals surface area contributed by atoms with Crippen molar-refractivity contribution in [3.05, 3.63) is 40.8 Å². The third kappa shape index (κ3) is 4.00. The first-order valence-corrected chi connectivity index (χ1v) is 8.71. The molecule has 1 aliphatic heterocycles. The molecule has 3 heterocycles. The van der Waals surface area contributed by atoms with Crippen LogP contribution in [0.5, 0.6) is 0 Å². The van der Waals surface area contributed by atoms with Crippen molar-refractivity contribution in [2.75, 3.05) is 6.54 Å². The maximum absolute atomic E-state index is 12.3. The van der Waals surface area contributed by atoms with Crippen molar-refractivity contribution in [1.82, 2.24) is 30.9 Å². The Labute approximate surface area is 148 Å². The Morgan fingerprint density at radius 2 is 2.12 bits per heavy atom. The summed E-state index contributed by atoms with van der Waals surface area (Å²) in [5.41, 5.74) is 1.99. The number of carbonyl (C=O) groups excluding carboxylic acids is 2. The van der Waals surface area contributed by atoms with Crippen molar-refractivity contribution in [2.24, 2.45) is 0 Å². The standard InChI is InChI=1S/C16H18N6O2S/c1-9-12(10(2)21-16(24)20-9)14(23)19-7-4-11-8-25-15(22-11)13-17-5-3-6-18-13/h3,5-6,8-9H,4,7H2,1-2H3,(H,19,23)(H2,20,21,24)/t9-/m0/s1. The van der Waals surface area contributed by atoms with E-state index in [1.54, 1.807) is 32.3 Å². The molecule has 0 radical (unpaired) electrons. The van der Waals surface area contributed by atoms with Gasteiger partial charge in [0.2, 0.25) is 0 Å². The Morgan fingerprint density at radius 3 is 2.84 bits per heavy atom. The van der Waals surface area contributed by atoms with Crippen LogP contribution in [0.25, 0.3) is 10.8 Å². The fraction of sp³-hybridized carbons (Fsp3) is 0.312. The van der Waals surface area contributed by atoms with E-state index in [9.17, 15) is 9.59 Å². The van der Waals surface area contributed by atoms with Gasteiger partial charge < -0.3 is 16.0 Å². The van der Waals surface area contributed by atoms with E-state index in [1.165, 1.54) is 11.3 Å². The number of hydrogen-bond donors (Lipinski definition) is 3. The second kappa shape index (κ2) is 7.39. The maximum Gasteiger partial charge on any atom is 0.319 e. The molecule has 9 heteroatoms. The fourth-order valence-electron chi connectivity index (χ4n) is 2.57. The predicted octanol–water partition coefficient (Wildman–Crippen LogP) is 1.23. The van der Waals surface area contributed by atoms with Crippen molar-refractivity contribution in [2.45, 2.75) is 26.3 Å². The van der Waals surface area contributed by atoms with Crippen LogP contribution in [0, 0.1) is 0 Å². The summed E-state index contributed by atoms with van der Waals surface area (Å²) in [6.45, 7) is 3.95. The van der Waals surface area contributed by atoms with Crippen molar-refractivity contribution in [3.8, 4) is 10.8 Å². The molecule has 0 unspecified atom stereocenters. The number of urea groups is 1. The molecule has 0 bridgehead atoms. The lowest BCUT2D eigenvalue weighted by Gasteiger charge is -2.25. The number of rotatable bonds is 5. The van der Waals surface area contributed by atoms with Crippen LogP contribution in [-0.4, -0.2) is 39.5 Å². The summed E-state index contributed by atoms with van der Waals surface area (Å²) in [5.74, 6) is 0.403. The van der Waals surface area contributed by atoms with Gasteiger partial charge in [-0.1, -0.05) is 0 Å². The number of nitrogens with one attached hydrogen (secondary N) is 3. The topological polar surface area (TPSA) is 109 Å². The normalized spacial score (nSPS) is 17.0. The molecule has 0 aromatic carbocycles. The third-order valence-electron chi connectivity index (χ3n) is 3.71. The smallest absolute Gasteiger partial charge is 0.319 e. The largest absolute Gasteiger partial charge is 0.352 e. The third-order valence-corrected chi connectivity index (χ3v) is 4.59. The van der Waals surface area contributed by atoms with Crippen LogP contribution in [-0.2, 0) is 11.2 Å². The van der Waals surface area contributed by atoms with Crippen LogP contribution in [0.1, 0.15) is 19.5 Å². The summed E-state index contributed by atoms with van der Waals surface area (Å²) in [4.78, 5) is 36.5. The van der Waals surface area contributed by atoms with E-state index in [-0.39, 0.29) is 18.0 Å². The summed E-state index contributed by atoms with van der Waals surface area (Å²) in [7, 11) is 0. The maximum atomic E-state index is 12.3. The first kappa shape index (κ1) is 17.0. The van der Waals surface area contributed by atoms with Gasteiger partial charge in [-0.25, -0.2) is 19.7 Å². The molecule has 3 rings (SSSR count). The number of carbonyl (C=O) groups is 2. The second-order valence-corrected chi connectivity index (χ2v) is 6.44. The van der Waals surface area contributed by atoms with E-state index in [0.717, 1.165) is 10.7 Å². The summed E-state index contributed by atoms with van der Waals surface area (Å²) < 4.78 is 0. The van der Waals surface area contributed by atoms with E-state index in [0.29, 0.717) is 30.1 Å². The summed E-state index contributed by atoms with van der Waals surface area (Å²) >= 11 is 1.47. The zero-order valence-corrected chi connectivity index (χ0v) is 14.7. The van der Waals surface area contributed by atoms with Crippen LogP contribution in [0.15, 0.2) is 35.1 Å². The Morgan fingerprint density at radius 1 is 1.36 bits per heavy atom. The molecule has 1 atom stereocenters. The van der Waals surface area contributed by atoms with Gasteiger partial charge in [-0.2, -0.15) is 0 Å². The molecule has 0 saturated heterocycles. The van der Waals surface area contributed by atoms with Gasteiger partial charge in [0.1, 0.15) is 0 Å². The number of nitrogens with zero attached hydrogens (tertiary/aromatic N) is 3. The van der Waals surface area contributed by atoms with E-state index in [1.807, 2.05) is 5.38 Å². The SMILES string of the molecule is CC1=C(C(=O)NCCc2csc(-c3ncccn3)n2)[C@H](C)NC(=O)N1. The minimum atomic E-state index is -0.324. The van der Waals surface area contributed by atoms with Gasteiger partial charge in [0.15, 0.2) is 10.8 Å². The molecule has 1 aliphatic rings. The van der Waals surface area contributed by atoms with Gasteiger partial charge in [-0.3, -0.25) is 4.79 Å². The van der Waals surface area contributed by atoms with Crippen LogP contribution in [0.3, 0.4) is 0 Å². The average molecular weight is 358 g/mol. The van der Waals surface area contributed by atoms with Crippen LogP contribution in [0.2, 0.25) is 0 Å². The second-order valence-electron chi connectivity index (χ2n) is 5.58. The summed E-state index contributed by atoms with van der Waals surface area (Å²) in [6, 6.07) is 1.14. The fourth-order valence-corrected chi connectivity index (χ4v) is 3.37. The molecule has 8 nitrogen and oxygen atoms in total. The molecular formula is C16H18N6O2S. The highest BCUT2D eigenvalue weighted by atomic mass is 32.1. The molecule has 3 N–H and O–H groups in total. The number of amides is 3. The Bertz CT molecular complexity index is 817. The van der Waals surface area contributed by atoms with Gasteiger partial charge >= 0.3 is 6.03 Å². The van der Waals surface area contributed by atoms with E-state index in [2.05, 4.69) is 30.9 Å². The highest BCUT2D eigenvalue weighted by molar-refractivity contribution is 7.13. The van der Waals surface area contributed by atoms with Gasteiger partial charge in [-0.15, -0.1) is 11.3 Å².